The number of amides is 1. The van der Waals surface area contributed by atoms with Gasteiger partial charge in [0.2, 0.25) is 17.6 Å². The normalized spacial score (nSPS) is 15.5. The molecule has 0 unspecified atom stereocenters. The summed E-state index contributed by atoms with van der Waals surface area (Å²) in [6.07, 6.45) is 1.67. The third-order valence-corrected chi connectivity index (χ3v) is 5.09. The number of anilines is 1. The first-order valence-corrected chi connectivity index (χ1v) is 8.83. The van der Waals surface area contributed by atoms with Crippen molar-refractivity contribution >= 4 is 33.7 Å². The molecule has 0 radical (unpaired) electrons. The van der Waals surface area contributed by atoms with Gasteiger partial charge in [0.1, 0.15) is 0 Å². The summed E-state index contributed by atoms with van der Waals surface area (Å²) < 4.78 is 5.34. The number of carbonyl (C=O) groups is 1. The van der Waals surface area contributed by atoms with Gasteiger partial charge in [-0.05, 0) is 11.4 Å². The Balaban J connectivity index is 1.29. The van der Waals surface area contributed by atoms with E-state index in [0.717, 1.165) is 18.0 Å². The Bertz CT molecular complexity index is 778. The van der Waals surface area contributed by atoms with Gasteiger partial charge in [0.25, 0.3) is 0 Å². The van der Waals surface area contributed by atoms with E-state index >= 15 is 0 Å². The molecule has 1 N–H and O–H groups in total. The lowest BCUT2D eigenvalue weighted by Gasteiger charge is -2.36. The van der Waals surface area contributed by atoms with Crippen LogP contribution in [0, 0.1) is 0 Å². The summed E-state index contributed by atoms with van der Waals surface area (Å²) in [6, 6.07) is 3.93. The van der Waals surface area contributed by atoms with Crippen LogP contribution in [0.4, 0.5) is 5.13 Å². The Morgan fingerprint density at radius 2 is 2.30 bits per heavy atom. The molecule has 7 nitrogen and oxygen atoms in total. The summed E-state index contributed by atoms with van der Waals surface area (Å²) in [7, 11) is 0. The van der Waals surface area contributed by atoms with Crippen LogP contribution in [0.2, 0.25) is 0 Å². The topological polar surface area (TPSA) is 84.2 Å². The summed E-state index contributed by atoms with van der Waals surface area (Å²) in [4.78, 5) is 23.4. The highest BCUT2D eigenvalue weighted by atomic mass is 32.1. The summed E-state index contributed by atoms with van der Waals surface area (Å²) in [6.45, 7) is 1.84. The second-order valence-corrected chi connectivity index (χ2v) is 7.05. The molecule has 0 spiro atoms. The first kappa shape index (κ1) is 14.5. The van der Waals surface area contributed by atoms with Gasteiger partial charge in [-0.15, -0.1) is 22.7 Å². The Hall–Kier alpha value is -2.10. The minimum Gasteiger partial charge on any atom is -0.339 e. The van der Waals surface area contributed by atoms with E-state index in [0.29, 0.717) is 23.4 Å². The molecular formula is C14H13N5O2S2. The van der Waals surface area contributed by atoms with Crippen LogP contribution in [0.1, 0.15) is 11.8 Å². The molecule has 0 saturated carbocycles. The predicted molar refractivity (Wildman–Crippen MR) is 87.5 cm³/mol. The van der Waals surface area contributed by atoms with Gasteiger partial charge in [0.15, 0.2) is 5.13 Å². The molecule has 3 aromatic heterocycles. The lowest BCUT2D eigenvalue weighted by Crippen LogP contribution is -2.48. The minimum absolute atomic E-state index is 0.0526. The highest BCUT2D eigenvalue weighted by Gasteiger charge is 2.33. The van der Waals surface area contributed by atoms with Crippen molar-refractivity contribution in [2.75, 3.05) is 25.0 Å². The SMILES string of the molecule is O=C(CN1CC(c2nc(-c3cccs3)no2)C1)Nc1nccs1. The molecule has 9 heteroatoms. The molecular weight excluding hydrogens is 334 g/mol. The standard InChI is InChI=1S/C14H13N5O2S2/c20-11(16-14-15-3-5-23-14)8-19-6-9(7-19)13-17-12(18-21-13)10-2-1-4-22-10/h1-5,9H,6-8H2,(H,15,16,20). The van der Waals surface area contributed by atoms with E-state index in [1.807, 2.05) is 27.8 Å². The zero-order valence-electron chi connectivity index (χ0n) is 12.0. The van der Waals surface area contributed by atoms with Gasteiger partial charge in [0.05, 0.1) is 17.3 Å². The zero-order chi connectivity index (χ0) is 15.6. The number of hydrogen-bond donors (Lipinski definition) is 1. The van der Waals surface area contributed by atoms with Crippen molar-refractivity contribution in [3.8, 4) is 10.7 Å². The highest BCUT2D eigenvalue weighted by Crippen LogP contribution is 2.28. The molecule has 0 aromatic carbocycles. The predicted octanol–water partition coefficient (Wildman–Crippen LogP) is 2.29. The van der Waals surface area contributed by atoms with Gasteiger partial charge in [0, 0.05) is 24.7 Å². The molecule has 1 saturated heterocycles. The van der Waals surface area contributed by atoms with Crippen LogP contribution in [0.3, 0.4) is 0 Å². The van der Waals surface area contributed by atoms with E-state index in [1.165, 1.54) is 11.3 Å². The van der Waals surface area contributed by atoms with Gasteiger partial charge >= 0.3 is 0 Å². The average Bonchev–Trinajstić information content (AvgIpc) is 3.22. The smallest absolute Gasteiger partial charge is 0.240 e. The average molecular weight is 347 g/mol. The van der Waals surface area contributed by atoms with Crippen LogP contribution in [-0.2, 0) is 4.79 Å². The van der Waals surface area contributed by atoms with Crippen molar-refractivity contribution < 1.29 is 9.32 Å². The van der Waals surface area contributed by atoms with Crippen molar-refractivity contribution in [3.63, 3.8) is 0 Å². The molecule has 1 fully saturated rings. The zero-order valence-corrected chi connectivity index (χ0v) is 13.6. The maximum absolute atomic E-state index is 11.9. The largest absolute Gasteiger partial charge is 0.339 e. The molecule has 23 heavy (non-hydrogen) atoms. The molecule has 118 valence electrons. The molecule has 0 bridgehead atoms. The summed E-state index contributed by atoms with van der Waals surface area (Å²) in [5.41, 5.74) is 0. The van der Waals surface area contributed by atoms with Crippen molar-refractivity contribution in [1.82, 2.24) is 20.0 Å². The number of aromatic nitrogens is 3. The fourth-order valence-corrected chi connectivity index (χ4v) is 3.60. The number of nitrogens with one attached hydrogen (secondary N) is 1. The number of thiazole rings is 1. The van der Waals surface area contributed by atoms with Crippen LogP contribution in [0.5, 0.6) is 0 Å². The molecule has 3 aromatic rings. The fraction of sp³-hybridized carbons (Fsp3) is 0.286. The number of thiophene rings is 1. The maximum Gasteiger partial charge on any atom is 0.240 e. The fourth-order valence-electron chi connectivity index (χ4n) is 2.41. The molecule has 1 amide bonds. The lowest BCUT2D eigenvalue weighted by atomic mass is 10.0. The number of rotatable bonds is 5. The van der Waals surface area contributed by atoms with E-state index in [2.05, 4.69) is 20.4 Å². The molecule has 0 atom stereocenters. The van der Waals surface area contributed by atoms with Gasteiger partial charge in [-0.1, -0.05) is 11.2 Å². The van der Waals surface area contributed by atoms with Crippen LogP contribution in [0.15, 0.2) is 33.6 Å². The summed E-state index contributed by atoms with van der Waals surface area (Å²) in [5.74, 6) is 1.42. The van der Waals surface area contributed by atoms with Crippen molar-refractivity contribution in [2.24, 2.45) is 0 Å². The summed E-state index contributed by atoms with van der Waals surface area (Å²) >= 11 is 2.99. The molecule has 4 rings (SSSR count). The quantitative estimate of drug-likeness (QED) is 0.762. The van der Waals surface area contributed by atoms with E-state index in [4.69, 9.17) is 4.52 Å². The molecule has 0 aliphatic carbocycles. The molecule has 1 aliphatic rings. The number of carbonyl (C=O) groups excluding carboxylic acids is 1. The number of nitrogens with zero attached hydrogens (tertiary/aromatic N) is 4. The molecule has 1 aliphatic heterocycles. The van der Waals surface area contributed by atoms with Crippen LogP contribution < -0.4 is 5.32 Å². The maximum atomic E-state index is 11.9. The Kier molecular flexibility index (Phi) is 3.90. The van der Waals surface area contributed by atoms with Crippen LogP contribution in [0.25, 0.3) is 10.7 Å². The van der Waals surface area contributed by atoms with Crippen molar-refractivity contribution in [2.45, 2.75) is 5.92 Å². The first-order valence-electron chi connectivity index (χ1n) is 7.07. The minimum atomic E-state index is -0.0526. The third-order valence-electron chi connectivity index (χ3n) is 3.54. The number of hydrogen-bond acceptors (Lipinski definition) is 8. The number of likely N-dealkylation sites (tertiary alicyclic amines) is 1. The van der Waals surface area contributed by atoms with E-state index in [9.17, 15) is 4.79 Å². The van der Waals surface area contributed by atoms with Crippen LogP contribution in [-0.4, -0.2) is 45.6 Å². The van der Waals surface area contributed by atoms with E-state index in [1.54, 1.807) is 17.5 Å². The first-order chi connectivity index (χ1) is 11.3. The van der Waals surface area contributed by atoms with E-state index in [-0.39, 0.29) is 11.8 Å². The van der Waals surface area contributed by atoms with Gasteiger partial charge in [-0.2, -0.15) is 4.98 Å². The van der Waals surface area contributed by atoms with Gasteiger partial charge < -0.3 is 9.84 Å². The molecule has 4 heterocycles. The van der Waals surface area contributed by atoms with Crippen LogP contribution >= 0.6 is 22.7 Å². The lowest BCUT2D eigenvalue weighted by molar-refractivity contribution is -0.118. The van der Waals surface area contributed by atoms with Crippen molar-refractivity contribution in [3.05, 3.63) is 35.0 Å². The third kappa shape index (κ3) is 3.16. The Morgan fingerprint density at radius 1 is 1.39 bits per heavy atom. The Labute approximate surface area is 140 Å². The Morgan fingerprint density at radius 3 is 3.04 bits per heavy atom. The summed E-state index contributed by atoms with van der Waals surface area (Å²) in [5, 5.41) is 11.2. The van der Waals surface area contributed by atoms with Gasteiger partial charge in [-0.25, -0.2) is 4.98 Å². The second-order valence-electron chi connectivity index (χ2n) is 5.21. The van der Waals surface area contributed by atoms with E-state index < -0.39 is 0 Å². The highest BCUT2D eigenvalue weighted by molar-refractivity contribution is 7.13. The van der Waals surface area contributed by atoms with Crippen molar-refractivity contribution in [1.29, 1.82) is 0 Å². The van der Waals surface area contributed by atoms with Gasteiger partial charge in [-0.3, -0.25) is 9.69 Å². The second kappa shape index (κ2) is 6.19. The monoisotopic (exact) mass is 347 g/mol.